The summed E-state index contributed by atoms with van der Waals surface area (Å²) in [6.07, 6.45) is 5.13. The van der Waals surface area contributed by atoms with E-state index in [1.807, 2.05) is 0 Å². The molecule has 20 heavy (non-hydrogen) atoms. The molecule has 1 atom stereocenters. The predicted octanol–water partition coefficient (Wildman–Crippen LogP) is 1.83. The lowest BCUT2D eigenvalue weighted by Gasteiger charge is -2.16. The third-order valence-corrected chi connectivity index (χ3v) is 4.16. The minimum Gasteiger partial charge on any atom is -0.388 e. The number of rotatable bonds is 3. The second-order valence-electron chi connectivity index (χ2n) is 5.62. The van der Waals surface area contributed by atoms with E-state index in [0.717, 1.165) is 12.0 Å². The Morgan fingerprint density at radius 3 is 2.45 bits per heavy atom. The Bertz CT molecular complexity index is 726. The maximum absolute atomic E-state index is 11.3. The summed E-state index contributed by atoms with van der Waals surface area (Å²) in [5.41, 5.74) is 0.591. The molecule has 5 nitrogen and oxygen atoms in total. The van der Waals surface area contributed by atoms with Crippen molar-refractivity contribution in [2.45, 2.75) is 38.2 Å². The van der Waals surface area contributed by atoms with E-state index in [2.05, 4.69) is 9.97 Å². The van der Waals surface area contributed by atoms with Crippen LogP contribution in [0.2, 0.25) is 0 Å². The van der Waals surface area contributed by atoms with Gasteiger partial charge in [0, 0.05) is 0 Å². The Labute approximate surface area is 115 Å². The quantitative estimate of drug-likeness (QED) is 0.746. The van der Waals surface area contributed by atoms with Crippen LogP contribution in [0.25, 0.3) is 11.0 Å². The fourth-order valence-corrected chi connectivity index (χ4v) is 3.04. The Kier molecular flexibility index (Phi) is 3.44. The number of nitrogens with one attached hydrogen (secondary N) is 2. The van der Waals surface area contributed by atoms with Crippen LogP contribution >= 0.6 is 0 Å². The van der Waals surface area contributed by atoms with Gasteiger partial charge in [-0.1, -0.05) is 31.7 Å². The molecule has 1 unspecified atom stereocenters. The number of hydrogen-bond acceptors (Lipinski definition) is 3. The van der Waals surface area contributed by atoms with Crippen LogP contribution in [-0.2, 0) is 0 Å². The summed E-state index contributed by atoms with van der Waals surface area (Å²) < 4.78 is 0. The lowest BCUT2D eigenvalue weighted by Crippen LogP contribution is -2.28. The maximum atomic E-state index is 11.3. The molecule has 0 bridgehead atoms. The van der Waals surface area contributed by atoms with Gasteiger partial charge in [-0.2, -0.15) is 0 Å². The van der Waals surface area contributed by atoms with Crippen LogP contribution in [0.5, 0.6) is 0 Å². The lowest BCUT2D eigenvalue weighted by molar-refractivity contribution is 0.145. The molecule has 1 heterocycles. The SMILES string of the molecule is O=c1[nH]c2ccc(C(O)CC3CCCC3)cc2[nH]c1=O. The highest BCUT2D eigenvalue weighted by atomic mass is 16.3. The number of aromatic nitrogens is 2. The zero-order valence-electron chi connectivity index (χ0n) is 11.2. The number of hydrogen-bond donors (Lipinski definition) is 3. The molecule has 0 radical (unpaired) electrons. The molecule has 1 aliphatic carbocycles. The van der Waals surface area contributed by atoms with Gasteiger partial charge in [-0.05, 0) is 30.0 Å². The summed E-state index contributed by atoms with van der Waals surface area (Å²) in [7, 11) is 0. The second-order valence-corrected chi connectivity index (χ2v) is 5.62. The summed E-state index contributed by atoms with van der Waals surface area (Å²) in [5, 5.41) is 10.3. The van der Waals surface area contributed by atoms with Gasteiger partial charge >= 0.3 is 11.1 Å². The zero-order chi connectivity index (χ0) is 14.1. The molecule has 2 aromatic rings. The molecule has 0 amide bonds. The molecule has 1 fully saturated rings. The Morgan fingerprint density at radius 1 is 1.10 bits per heavy atom. The summed E-state index contributed by atoms with van der Waals surface area (Å²) in [6.45, 7) is 0. The summed E-state index contributed by atoms with van der Waals surface area (Å²) in [4.78, 5) is 27.6. The number of aliphatic hydroxyl groups excluding tert-OH is 1. The van der Waals surface area contributed by atoms with Gasteiger partial charge in [0.2, 0.25) is 0 Å². The van der Waals surface area contributed by atoms with E-state index in [-0.39, 0.29) is 0 Å². The first-order chi connectivity index (χ1) is 9.63. The van der Waals surface area contributed by atoms with Gasteiger partial charge in [-0.15, -0.1) is 0 Å². The Balaban J connectivity index is 1.89. The highest BCUT2D eigenvalue weighted by Crippen LogP contribution is 2.33. The van der Waals surface area contributed by atoms with E-state index in [9.17, 15) is 14.7 Å². The van der Waals surface area contributed by atoms with Gasteiger partial charge in [0.25, 0.3) is 0 Å². The van der Waals surface area contributed by atoms with Crippen LogP contribution in [0.1, 0.15) is 43.8 Å². The molecule has 1 aliphatic rings. The van der Waals surface area contributed by atoms with Gasteiger partial charge in [-0.25, -0.2) is 0 Å². The average molecular weight is 274 g/mol. The van der Waals surface area contributed by atoms with Crippen molar-refractivity contribution >= 4 is 11.0 Å². The van der Waals surface area contributed by atoms with Crippen molar-refractivity contribution < 1.29 is 5.11 Å². The highest BCUT2D eigenvalue weighted by Gasteiger charge is 2.20. The van der Waals surface area contributed by atoms with Gasteiger partial charge < -0.3 is 15.1 Å². The number of aliphatic hydroxyl groups is 1. The highest BCUT2D eigenvalue weighted by molar-refractivity contribution is 5.74. The standard InChI is InChI=1S/C15H18N2O3/c18-13(7-9-3-1-2-4-9)10-5-6-11-12(8-10)17-15(20)14(19)16-11/h5-6,8-9,13,18H,1-4,7H2,(H,16,19)(H,17,20). The number of H-pyrrole nitrogens is 2. The summed E-state index contributed by atoms with van der Waals surface area (Å²) >= 11 is 0. The smallest absolute Gasteiger partial charge is 0.314 e. The molecule has 1 saturated carbocycles. The first-order valence-corrected chi connectivity index (χ1v) is 7.08. The van der Waals surface area contributed by atoms with Crippen LogP contribution in [0, 0.1) is 5.92 Å². The zero-order valence-corrected chi connectivity index (χ0v) is 11.2. The molecule has 1 aromatic carbocycles. The molecule has 5 heteroatoms. The molecule has 0 saturated heterocycles. The van der Waals surface area contributed by atoms with Crippen LogP contribution in [0.15, 0.2) is 27.8 Å². The topological polar surface area (TPSA) is 85.9 Å². The molecule has 1 aromatic heterocycles. The predicted molar refractivity (Wildman–Crippen MR) is 76.7 cm³/mol. The normalized spacial score (nSPS) is 17.6. The van der Waals surface area contributed by atoms with E-state index in [1.165, 1.54) is 25.7 Å². The fourth-order valence-electron chi connectivity index (χ4n) is 3.04. The van der Waals surface area contributed by atoms with Crippen molar-refractivity contribution in [2.24, 2.45) is 5.92 Å². The Hall–Kier alpha value is -1.88. The number of aromatic amines is 2. The van der Waals surface area contributed by atoms with Gasteiger partial charge in [0.05, 0.1) is 17.1 Å². The van der Waals surface area contributed by atoms with E-state index in [0.29, 0.717) is 17.0 Å². The van der Waals surface area contributed by atoms with E-state index in [4.69, 9.17) is 0 Å². The van der Waals surface area contributed by atoms with E-state index >= 15 is 0 Å². The molecule has 3 N–H and O–H groups in total. The third-order valence-electron chi connectivity index (χ3n) is 4.16. The maximum Gasteiger partial charge on any atom is 0.314 e. The van der Waals surface area contributed by atoms with Crippen molar-refractivity contribution in [2.75, 3.05) is 0 Å². The molecular weight excluding hydrogens is 256 g/mol. The first-order valence-electron chi connectivity index (χ1n) is 7.08. The number of benzene rings is 1. The van der Waals surface area contributed by atoms with Crippen LogP contribution < -0.4 is 11.1 Å². The van der Waals surface area contributed by atoms with E-state index in [1.54, 1.807) is 18.2 Å². The molecule has 106 valence electrons. The average Bonchev–Trinajstić information content (AvgIpc) is 2.92. The summed E-state index contributed by atoms with van der Waals surface area (Å²) in [6, 6.07) is 5.27. The van der Waals surface area contributed by atoms with Gasteiger partial charge in [0.15, 0.2) is 0 Å². The fraction of sp³-hybridized carbons (Fsp3) is 0.467. The third kappa shape index (κ3) is 2.54. The van der Waals surface area contributed by atoms with Crippen LogP contribution in [0.3, 0.4) is 0 Å². The van der Waals surface area contributed by atoms with Crippen LogP contribution in [0.4, 0.5) is 0 Å². The lowest BCUT2D eigenvalue weighted by atomic mass is 9.95. The molecule has 0 spiro atoms. The van der Waals surface area contributed by atoms with Crippen molar-refractivity contribution in [3.63, 3.8) is 0 Å². The number of fused-ring (bicyclic) bond motifs is 1. The van der Waals surface area contributed by atoms with E-state index < -0.39 is 17.2 Å². The molecular formula is C15H18N2O3. The molecule has 3 rings (SSSR count). The van der Waals surface area contributed by atoms with Crippen LogP contribution in [-0.4, -0.2) is 15.1 Å². The van der Waals surface area contributed by atoms with Gasteiger partial charge in [0.1, 0.15) is 0 Å². The minimum atomic E-state index is -0.667. The minimum absolute atomic E-state index is 0.516. The van der Waals surface area contributed by atoms with Gasteiger partial charge in [-0.3, -0.25) is 9.59 Å². The van der Waals surface area contributed by atoms with Crippen molar-refractivity contribution in [1.29, 1.82) is 0 Å². The molecule has 0 aliphatic heterocycles. The van der Waals surface area contributed by atoms with Crippen molar-refractivity contribution in [3.8, 4) is 0 Å². The second kappa shape index (κ2) is 5.25. The van der Waals surface area contributed by atoms with Crippen molar-refractivity contribution in [3.05, 3.63) is 44.5 Å². The van der Waals surface area contributed by atoms with Crippen molar-refractivity contribution in [1.82, 2.24) is 9.97 Å². The largest absolute Gasteiger partial charge is 0.388 e. The Morgan fingerprint density at radius 2 is 1.75 bits per heavy atom. The summed E-state index contributed by atoms with van der Waals surface area (Å²) in [5.74, 6) is 0.593. The first kappa shape index (κ1) is 13.1. The monoisotopic (exact) mass is 274 g/mol.